The van der Waals surface area contributed by atoms with E-state index in [4.69, 9.17) is 23.0 Å². The molecule has 0 unspecified atom stereocenters. The van der Waals surface area contributed by atoms with Crippen LogP contribution in [0.15, 0.2) is 172 Å². The van der Waals surface area contributed by atoms with E-state index in [-0.39, 0.29) is 0 Å². The Morgan fingerprint density at radius 3 is 1.59 bits per heavy atom. The maximum absolute atomic E-state index is 5.94. The van der Waals surface area contributed by atoms with Crippen molar-refractivity contribution in [3.8, 4) is 12.3 Å². The third-order valence-electron chi connectivity index (χ3n) is 6.30. The van der Waals surface area contributed by atoms with Crippen LogP contribution >= 0.6 is 23.4 Å². The lowest BCUT2D eigenvalue weighted by atomic mass is 10.3. The molecule has 0 atom stereocenters. The van der Waals surface area contributed by atoms with Gasteiger partial charge in [-0.05, 0) is 90.2 Å². The van der Waals surface area contributed by atoms with Gasteiger partial charge in [0.2, 0.25) is 0 Å². The highest BCUT2D eigenvalue weighted by atomic mass is 35.5. The van der Waals surface area contributed by atoms with Crippen molar-refractivity contribution in [3.05, 3.63) is 162 Å². The lowest BCUT2D eigenvalue weighted by Crippen LogP contribution is -2.24. The highest BCUT2D eigenvalue weighted by molar-refractivity contribution is 8.02. The molecular weight excluding hydrogens is 580 g/mol. The summed E-state index contributed by atoms with van der Waals surface area (Å²) in [5.41, 5.74) is 3.88. The first-order valence-corrected chi connectivity index (χ1v) is 15.2. The summed E-state index contributed by atoms with van der Waals surface area (Å²) >= 11 is 7.58. The SMILES string of the molecule is C#CC(=Nc1ccccc1)N(C)c1ccccc1.CN(C(C=CSc1ccc(Cl)cc1)=Nc1ccccc1)c1ccccc1. The number of nitrogens with zero attached hydrogens (tertiary/aromatic N) is 4. The molecule has 6 heteroatoms. The first-order chi connectivity index (χ1) is 21.5. The largest absolute Gasteiger partial charge is 0.329 e. The second kappa shape index (κ2) is 17.2. The van der Waals surface area contributed by atoms with Crippen LogP contribution in [0, 0.1) is 12.3 Å². The molecule has 218 valence electrons. The molecule has 0 aliphatic rings. The molecule has 0 fully saturated rings. The van der Waals surface area contributed by atoms with Crippen LogP contribution in [0.4, 0.5) is 22.7 Å². The normalized spacial score (nSPS) is 11.3. The average Bonchev–Trinajstić information content (AvgIpc) is 3.09. The summed E-state index contributed by atoms with van der Waals surface area (Å²) in [6.07, 6.45) is 7.56. The number of para-hydroxylation sites is 4. The molecule has 0 spiro atoms. The molecule has 0 aliphatic carbocycles. The molecule has 5 rings (SSSR count). The molecule has 0 aliphatic heterocycles. The number of terminal acetylenes is 1. The summed E-state index contributed by atoms with van der Waals surface area (Å²) in [4.78, 5) is 14.4. The van der Waals surface area contributed by atoms with Crippen LogP contribution in [0.2, 0.25) is 5.02 Å². The van der Waals surface area contributed by atoms with Gasteiger partial charge in [-0.1, -0.05) is 96.2 Å². The average molecular weight is 613 g/mol. The van der Waals surface area contributed by atoms with E-state index in [1.165, 1.54) is 0 Å². The maximum Gasteiger partial charge on any atom is 0.185 e. The van der Waals surface area contributed by atoms with E-state index in [1.807, 2.05) is 164 Å². The third kappa shape index (κ3) is 10.1. The number of hydrogen-bond acceptors (Lipinski definition) is 3. The van der Waals surface area contributed by atoms with Crippen LogP contribution in [0.1, 0.15) is 0 Å². The lowest BCUT2D eigenvalue weighted by molar-refractivity contribution is 1.26. The quantitative estimate of drug-likeness (QED) is 0.0793. The molecule has 5 aromatic carbocycles. The Bertz CT molecular complexity index is 1700. The summed E-state index contributed by atoms with van der Waals surface area (Å²) in [7, 11) is 3.94. The fourth-order valence-corrected chi connectivity index (χ4v) is 4.70. The van der Waals surface area contributed by atoms with Crippen molar-refractivity contribution in [2.75, 3.05) is 23.9 Å². The minimum atomic E-state index is 0.590. The van der Waals surface area contributed by atoms with Crippen molar-refractivity contribution in [2.45, 2.75) is 4.90 Å². The van der Waals surface area contributed by atoms with Gasteiger partial charge in [-0.3, -0.25) is 0 Å². The van der Waals surface area contributed by atoms with Crippen molar-refractivity contribution in [1.29, 1.82) is 0 Å². The Labute approximate surface area is 270 Å². The van der Waals surface area contributed by atoms with Gasteiger partial charge in [-0.25, -0.2) is 9.98 Å². The number of hydrogen-bond donors (Lipinski definition) is 0. The molecule has 44 heavy (non-hydrogen) atoms. The zero-order chi connectivity index (χ0) is 31.0. The summed E-state index contributed by atoms with van der Waals surface area (Å²) < 4.78 is 0. The summed E-state index contributed by atoms with van der Waals surface area (Å²) in [5.74, 6) is 4.08. The monoisotopic (exact) mass is 612 g/mol. The smallest absolute Gasteiger partial charge is 0.185 e. The predicted octanol–water partition coefficient (Wildman–Crippen LogP) is 10.3. The van der Waals surface area contributed by atoms with Gasteiger partial charge in [0.25, 0.3) is 0 Å². The Kier molecular flexibility index (Phi) is 12.5. The van der Waals surface area contributed by atoms with Crippen molar-refractivity contribution in [2.24, 2.45) is 9.98 Å². The number of benzene rings is 5. The molecule has 4 nitrogen and oxygen atoms in total. The van der Waals surface area contributed by atoms with Crippen LogP contribution in [-0.2, 0) is 0 Å². The highest BCUT2D eigenvalue weighted by Gasteiger charge is 2.07. The van der Waals surface area contributed by atoms with Gasteiger partial charge in [0.1, 0.15) is 5.84 Å². The number of rotatable bonds is 7. The summed E-state index contributed by atoms with van der Waals surface area (Å²) in [5, 5.41) is 2.79. The van der Waals surface area contributed by atoms with E-state index in [0.717, 1.165) is 38.5 Å². The molecule has 0 saturated carbocycles. The topological polar surface area (TPSA) is 31.2 Å². The van der Waals surface area contributed by atoms with E-state index >= 15 is 0 Å². The van der Waals surface area contributed by atoms with E-state index in [0.29, 0.717) is 5.84 Å². The zero-order valence-electron chi connectivity index (χ0n) is 24.7. The molecule has 0 saturated heterocycles. The second-order valence-electron chi connectivity index (χ2n) is 9.38. The number of halogens is 1. The van der Waals surface area contributed by atoms with Crippen LogP contribution in [-0.4, -0.2) is 25.8 Å². The van der Waals surface area contributed by atoms with Crippen LogP contribution in [0.25, 0.3) is 0 Å². The maximum atomic E-state index is 5.94. The molecule has 0 N–H and O–H groups in total. The van der Waals surface area contributed by atoms with Gasteiger partial charge in [0.15, 0.2) is 5.84 Å². The van der Waals surface area contributed by atoms with E-state index in [1.54, 1.807) is 11.8 Å². The predicted molar refractivity (Wildman–Crippen MR) is 192 cm³/mol. The van der Waals surface area contributed by atoms with Gasteiger partial charge in [-0.15, -0.1) is 6.42 Å². The molecule has 0 heterocycles. The van der Waals surface area contributed by atoms with Gasteiger partial charge in [-0.2, -0.15) is 0 Å². The van der Waals surface area contributed by atoms with Crippen molar-refractivity contribution in [1.82, 2.24) is 0 Å². The first-order valence-electron chi connectivity index (χ1n) is 13.9. The van der Waals surface area contributed by atoms with Gasteiger partial charge >= 0.3 is 0 Å². The molecule has 0 radical (unpaired) electrons. The molecule has 0 amide bonds. The van der Waals surface area contributed by atoms with Crippen molar-refractivity contribution in [3.63, 3.8) is 0 Å². The summed E-state index contributed by atoms with van der Waals surface area (Å²) in [6.45, 7) is 0. The van der Waals surface area contributed by atoms with Crippen molar-refractivity contribution >= 4 is 57.8 Å². The number of likely N-dealkylation sites (N-methyl/N-ethyl adjacent to an activating group) is 1. The van der Waals surface area contributed by atoms with Gasteiger partial charge < -0.3 is 9.80 Å². The number of aliphatic imine (C=N–C) groups is 2. The zero-order valence-corrected chi connectivity index (χ0v) is 26.2. The van der Waals surface area contributed by atoms with E-state index in [2.05, 4.69) is 27.9 Å². The standard InChI is InChI=1S/C22H19ClN2S.C16H14N2/c1-25(20-10-6-3-7-11-20)22(24-19-8-4-2-5-9-19)16-17-26-21-14-12-18(23)13-15-21;1-3-16(17-14-10-6-4-7-11-14)18(2)15-12-8-5-9-13-15/h2-17H,1H3;1,4-13H,2H3. The van der Waals surface area contributed by atoms with E-state index < -0.39 is 0 Å². The fourth-order valence-electron chi connectivity index (χ4n) is 3.93. The number of thioether (sulfide) groups is 1. The highest BCUT2D eigenvalue weighted by Crippen LogP contribution is 2.23. The molecular formula is C38H33ClN4S. The van der Waals surface area contributed by atoms with Gasteiger partial charge in [0.05, 0.1) is 11.4 Å². The fraction of sp³-hybridized carbons (Fsp3) is 0.0526. The second-order valence-corrected chi connectivity index (χ2v) is 10.8. The Balaban J connectivity index is 0.000000215. The third-order valence-corrected chi connectivity index (χ3v) is 7.37. The Morgan fingerprint density at radius 1 is 0.636 bits per heavy atom. The summed E-state index contributed by atoms with van der Waals surface area (Å²) in [6, 6.07) is 47.6. The molecule has 5 aromatic rings. The molecule has 0 aromatic heterocycles. The molecule has 0 bridgehead atoms. The van der Waals surface area contributed by atoms with Gasteiger partial charge in [0, 0.05) is 35.4 Å². The number of amidine groups is 2. The van der Waals surface area contributed by atoms with Crippen molar-refractivity contribution < 1.29 is 0 Å². The first kappa shape index (κ1) is 31.9. The number of anilines is 2. The minimum absolute atomic E-state index is 0.590. The van der Waals surface area contributed by atoms with Crippen LogP contribution in [0.3, 0.4) is 0 Å². The Hall–Kier alpha value is -5.02. The van der Waals surface area contributed by atoms with Crippen LogP contribution in [0.5, 0.6) is 0 Å². The lowest BCUT2D eigenvalue weighted by Gasteiger charge is -2.19. The van der Waals surface area contributed by atoms with E-state index in [9.17, 15) is 0 Å². The van der Waals surface area contributed by atoms with Crippen LogP contribution < -0.4 is 9.80 Å². The Morgan fingerprint density at radius 2 is 1.09 bits per heavy atom. The minimum Gasteiger partial charge on any atom is -0.329 e.